The number of para-hydroxylation sites is 2. The van der Waals surface area contributed by atoms with Crippen molar-refractivity contribution in [2.45, 2.75) is 19.3 Å². The maximum atomic E-state index is 2.47. The molecule has 2 aromatic heterocycles. The molecule has 10 aromatic rings. The highest BCUT2D eigenvalue weighted by Gasteiger charge is 2.36. The molecule has 2 nitrogen and oxygen atoms in total. The zero-order chi connectivity index (χ0) is 33.8. The molecule has 8 aromatic carbocycles. The van der Waals surface area contributed by atoms with Crippen LogP contribution < -0.4 is 0 Å². The largest absolute Gasteiger partial charge is 0.309 e. The summed E-state index contributed by atoms with van der Waals surface area (Å²) in [5, 5.41) is 7.58. The lowest BCUT2D eigenvalue weighted by Crippen LogP contribution is -2.14. The van der Waals surface area contributed by atoms with E-state index >= 15 is 0 Å². The van der Waals surface area contributed by atoms with Crippen LogP contribution in [-0.2, 0) is 5.41 Å². The summed E-state index contributed by atoms with van der Waals surface area (Å²) < 4.78 is 4.94. The number of hydrogen-bond acceptors (Lipinski definition) is 0. The highest BCUT2D eigenvalue weighted by Crippen LogP contribution is 2.52. The van der Waals surface area contributed by atoms with Crippen molar-refractivity contribution in [2.24, 2.45) is 0 Å². The molecule has 0 radical (unpaired) electrons. The average molecular weight is 651 g/mol. The predicted octanol–water partition coefficient (Wildman–Crippen LogP) is 13.0. The molecule has 0 unspecified atom stereocenters. The van der Waals surface area contributed by atoms with Crippen LogP contribution in [0, 0.1) is 0 Å². The molecule has 0 amide bonds. The van der Waals surface area contributed by atoms with Crippen molar-refractivity contribution in [3.05, 3.63) is 181 Å². The zero-order valence-electron chi connectivity index (χ0n) is 28.6. The van der Waals surface area contributed by atoms with Crippen LogP contribution in [0.1, 0.15) is 25.0 Å². The third-order valence-corrected chi connectivity index (χ3v) is 11.5. The molecule has 0 aliphatic heterocycles. The molecule has 0 saturated carbocycles. The van der Waals surface area contributed by atoms with Gasteiger partial charge in [-0.3, -0.25) is 0 Å². The number of rotatable bonds is 3. The highest BCUT2D eigenvalue weighted by atomic mass is 15.0. The van der Waals surface area contributed by atoms with Gasteiger partial charge >= 0.3 is 0 Å². The number of hydrogen-bond donors (Lipinski definition) is 0. The Balaban J connectivity index is 1.21. The topological polar surface area (TPSA) is 9.86 Å². The first-order chi connectivity index (χ1) is 25.1. The second-order valence-electron chi connectivity index (χ2n) is 14.5. The lowest BCUT2D eigenvalue weighted by Gasteiger charge is -2.21. The third kappa shape index (κ3) is 3.88. The van der Waals surface area contributed by atoms with Gasteiger partial charge in [0.15, 0.2) is 0 Å². The molecule has 2 heterocycles. The highest BCUT2D eigenvalue weighted by molar-refractivity contribution is 6.23. The van der Waals surface area contributed by atoms with E-state index in [1.165, 1.54) is 93.5 Å². The zero-order valence-corrected chi connectivity index (χ0v) is 28.6. The first-order valence-corrected chi connectivity index (χ1v) is 17.9. The number of fused-ring (bicyclic) bond motifs is 11. The summed E-state index contributed by atoms with van der Waals surface area (Å²) >= 11 is 0. The summed E-state index contributed by atoms with van der Waals surface area (Å²) in [4.78, 5) is 0. The van der Waals surface area contributed by atoms with Crippen molar-refractivity contribution in [1.29, 1.82) is 0 Å². The smallest absolute Gasteiger partial charge is 0.0619 e. The number of nitrogens with zero attached hydrogens (tertiary/aromatic N) is 2. The summed E-state index contributed by atoms with van der Waals surface area (Å²) in [6, 6.07) is 62.8. The fourth-order valence-electron chi connectivity index (χ4n) is 9.17. The first-order valence-electron chi connectivity index (χ1n) is 17.9. The van der Waals surface area contributed by atoms with Gasteiger partial charge in [0.05, 0.1) is 22.1 Å². The number of aromatic nitrogens is 2. The maximum Gasteiger partial charge on any atom is 0.0619 e. The Kier molecular flexibility index (Phi) is 5.76. The maximum absolute atomic E-state index is 2.47. The minimum atomic E-state index is -0.0414. The normalized spacial score (nSPS) is 13.5. The van der Waals surface area contributed by atoms with Crippen molar-refractivity contribution in [3.8, 4) is 33.6 Å². The van der Waals surface area contributed by atoms with E-state index in [2.05, 4.69) is 193 Å². The van der Waals surface area contributed by atoms with Crippen molar-refractivity contribution >= 4 is 54.4 Å². The molecule has 11 rings (SSSR count). The monoisotopic (exact) mass is 650 g/mol. The fraction of sp³-hybridized carbons (Fsp3) is 0.0612. The van der Waals surface area contributed by atoms with Gasteiger partial charge in [-0.15, -0.1) is 0 Å². The SMILES string of the molecule is CC1(C)c2ccccc2-c2c(-c3cccc(-n4c5ccccc5c5cc6c7ccc8ccccc8c7n(-c7ccccc7)c6cc54)c3)cccc21. The predicted molar refractivity (Wildman–Crippen MR) is 216 cm³/mol. The molecule has 0 atom stereocenters. The Labute approximate surface area is 296 Å². The van der Waals surface area contributed by atoms with Crippen LogP contribution in [0.4, 0.5) is 0 Å². The van der Waals surface area contributed by atoms with E-state index in [9.17, 15) is 0 Å². The van der Waals surface area contributed by atoms with Gasteiger partial charge in [0, 0.05) is 43.7 Å². The fourth-order valence-corrected chi connectivity index (χ4v) is 9.17. The summed E-state index contributed by atoms with van der Waals surface area (Å²) in [5.41, 5.74) is 15.2. The molecule has 51 heavy (non-hydrogen) atoms. The van der Waals surface area contributed by atoms with Crippen LogP contribution in [0.3, 0.4) is 0 Å². The average Bonchev–Trinajstić information content (AvgIpc) is 3.77. The molecule has 1 aliphatic carbocycles. The van der Waals surface area contributed by atoms with Crippen LogP contribution in [0.25, 0.3) is 88.0 Å². The van der Waals surface area contributed by atoms with Gasteiger partial charge in [-0.05, 0) is 81.2 Å². The van der Waals surface area contributed by atoms with Crippen LogP contribution >= 0.6 is 0 Å². The van der Waals surface area contributed by atoms with Crippen molar-refractivity contribution in [3.63, 3.8) is 0 Å². The van der Waals surface area contributed by atoms with E-state index < -0.39 is 0 Å². The van der Waals surface area contributed by atoms with Crippen molar-refractivity contribution < 1.29 is 0 Å². The quantitative estimate of drug-likeness (QED) is 0.180. The first kappa shape index (κ1) is 28.5. The lowest BCUT2D eigenvalue weighted by molar-refractivity contribution is 0.660. The second kappa shape index (κ2) is 10.3. The molecule has 0 N–H and O–H groups in total. The summed E-state index contributed by atoms with van der Waals surface area (Å²) in [6.07, 6.45) is 0. The van der Waals surface area contributed by atoms with E-state index in [-0.39, 0.29) is 5.41 Å². The summed E-state index contributed by atoms with van der Waals surface area (Å²) in [6.45, 7) is 4.71. The minimum Gasteiger partial charge on any atom is -0.309 e. The molecule has 2 heteroatoms. The summed E-state index contributed by atoms with van der Waals surface area (Å²) in [5.74, 6) is 0. The molecule has 0 saturated heterocycles. The van der Waals surface area contributed by atoms with E-state index in [0.717, 1.165) is 5.69 Å². The molecule has 0 spiro atoms. The van der Waals surface area contributed by atoms with Crippen molar-refractivity contribution in [2.75, 3.05) is 0 Å². The van der Waals surface area contributed by atoms with Gasteiger partial charge < -0.3 is 9.13 Å². The van der Waals surface area contributed by atoms with Gasteiger partial charge in [-0.1, -0.05) is 141 Å². The van der Waals surface area contributed by atoms with Crippen LogP contribution in [0.15, 0.2) is 170 Å². The van der Waals surface area contributed by atoms with Gasteiger partial charge in [0.1, 0.15) is 0 Å². The Hall–Kier alpha value is -6.38. The van der Waals surface area contributed by atoms with Crippen LogP contribution in [-0.4, -0.2) is 9.13 Å². The van der Waals surface area contributed by atoms with E-state index in [1.807, 2.05) is 0 Å². The molecule has 1 aliphatic rings. The van der Waals surface area contributed by atoms with E-state index in [0.29, 0.717) is 0 Å². The van der Waals surface area contributed by atoms with Gasteiger partial charge in [0.2, 0.25) is 0 Å². The Bertz CT molecular complexity index is 3040. The van der Waals surface area contributed by atoms with E-state index in [1.54, 1.807) is 0 Å². The molecule has 0 bridgehead atoms. The van der Waals surface area contributed by atoms with Gasteiger partial charge in [0.25, 0.3) is 0 Å². The molecule has 240 valence electrons. The van der Waals surface area contributed by atoms with Crippen LogP contribution in [0.2, 0.25) is 0 Å². The van der Waals surface area contributed by atoms with Gasteiger partial charge in [-0.2, -0.15) is 0 Å². The minimum absolute atomic E-state index is 0.0414. The van der Waals surface area contributed by atoms with Crippen molar-refractivity contribution in [1.82, 2.24) is 9.13 Å². The van der Waals surface area contributed by atoms with Gasteiger partial charge in [-0.25, -0.2) is 0 Å². The number of benzene rings is 8. The molecule has 0 fully saturated rings. The lowest BCUT2D eigenvalue weighted by atomic mass is 9.82. The summed E-state index contributed by atoms with van der Waals surface area (Å²) in [7, 11) is 0. The van der Waals surface area contributed by atoms with Crippen LogP contribution in [0.5, 0.6) is 0 Å². The Morgan fingerprint density at radius 2 is 1.06 bits per heavy atom. The third-order valence-electron chi connectivity index (χ3n) is 11.5. The molecular formula is C49H34N2. The Morgan fingerprint density at radius 1 is 0.392 bits per heavy atom. The molecular weight excluding hydrogens is 617 g/mol. The van der Waals surface area contributed by atoms with E-state index in [4.69, 9.17) is 0 Å². The second-order valence-corrected chi connectivity index (χ2v) is 14.5. The Morgan fingerprint density at radius 3 is 1.96 bits per heavy atom. The standard InChI is InChI=1S/C49H34N2/c1-49(2)42-23-10-8-21-39(42)47-35(22-13-24-43(47)49)32-15-12-18-34(28-32)50-44-25-11-9-20-37(44)40-29-41-38-27-26-31-14-6-7-19-36(31)48(38)51(46(41)30-45(40)50)33-16-4-3-5-17-33/h3-30H,1-2H3.